The number of carbonyl (C=O) groups is 1. The van der Waals surface area contributed by atoms with Crippen molar-refractivity contribution in [1.82, 2.24) is 0 Å². The summed E-state index contributed by atoms with van der Waals surface area (Å²) >= 11 is 0. The maximum absolute atomic E-state index is 11.8. The molecular weight excluding hydrogens is 248 g/mol. The fourth-order valence-corrected chi connectivity index (χ4v) is 2.72. The molecule has 0 saturated heterocycles. The van der Waals surface area contributed by atoms with E-state index in [0.29, 0.717) is 0 Å². The van der Waals surface area contributed by atoms with Crippen LogP contribution < -0.4 is 0 Å². The second-order valence-electron chi connectivity index (χ2n) is 3.36. The number of ether oxygens (including phenoxy) is 1. The monoisotopic (exact) mass is 265 g/mol. The van der Waals surface area contributed by atoms with E-state index >= 15 is 0 Å². The van der Waals surface area contributed by atoms with Crippen LogP contribution in [0.3, 0.4) is 0 Å². The Morgan fingerprint density at radius 2 is 1.94 bits per heavy atom. The summed E-state index contributed by atoms with van der Waals surface area (Å²) in [5.41, 5.74) is 8.26. The molecule has 0 aliphatic rings. The van der Waals surface area contributed by atoms with E-state index in [4.69, 9.17) is 5.53 Å². The predicted octanol–water partition coefficient (Wildman–Crippen LogP) is 0.961. The molecule has 0 N–H and O–H groups in total. The average Bonchev–Trinajstić information content (AvgIpc) is 2.30. The molecule has 0 amide bonds. The van der Waals surface area contributed by atoms with Gasteiger partial charge in [-0.05, 0) is 19.4 Å². The number of esters is 1. The van der Waals surface area contributed by atoms with Gasteiger partial charge in [0.25, 0.3) is 0 Å². The lowest BCUT2D eigenvalue weighted by Gasteiger charge is -2.32. The second-order valence-corrected chi connectivity index (χ2v) is 5.19. The number of rotatable bonds is 7. The lowest BCUT2D eigenvalue weighted by molar-refractivity contribution is -0.802. The fourth-order valence-electron chi connectivity index (χ4n) is 1.50. The molecule has 0 fully saturated rings. The van der Waals surface area contributed by atoms with Gasteiger partial charge < -0.3 is 4.74 Å². The van der Waals surface area contributed by atoms with Crippen molar-refractivity contribution in [1.29, 1.82) is 0 Å². The average molecular weight is 265 g/mol. The van der Waals surface area contributed by atoms with Crippen molar-refractivity contribution in [3.8, 4) is 0 Å². The van der Waals surface area contributed by atoms with Crippen LogP contribution in [0.2, 0.25) is 0 Å². The maximum atomic E-state index is 11.8. The lowest BCUT2D eigenvalue weighted by atomic mass is 10.4. The molecule has 0 aromatic rings. The number of nitrogens with zero attached hydrogens (tertiary/aromatic N) is 4. The van der Waals surface area contributed by atoms with Crippen molar-refractivity contribution in [2.24, 2.45) is 4.52 Å². The van der Waals surface area contributed by atoms with Crippen molar-refractivity contribution in [3.05, 3.63) is 10.4 Å². The number of azide groups is 1. The first kappa shape index (κ1) is 15.7. The summed E-state index contributed by atoms with van der Waals surface area (Å²) in [5.74, 6) is -0.495. The predicted molar refractivity (Wildman–Crippen MR) is 60.9 cm³/mol. The van der Waals surface area contributed by atoms with Gasteiger partial charge in [-0.3, -0.25) is 4.79 Å². The molecule has 0 saturated carbocycles. The van der Waals surface area contributed by atoms with Gasteiger partial charge in [0.1, 0.15) is 6.54 Å². The highest BCUT2D eigenvalue weighted by atomic mass is 32.2. The molecule has 0 aliphatic carbocycles. The van der Waals surface area contributed by atoms with E-state index in [9.17, 15) is 13.2 Å². The van der Waals surface area contributed by atoms with E-state index in [1.165, 1.54) is 7.11 Å². The Hall–Kier alpha value is -1.31. The largest absolute Gasteiger partial charge is 0.469 e. The van der Waals surface area contributed by atoms with Crippen LogP contribution in [0.25, 0.3) is 10.4 Å². The molecule has 0 aromatic heterocycles. The number of hydrogen-bond acceptors (Lipinski definition) is 4. The summed E-state index contributed by atoms with van der Waals surface area (Å²) in [5, 5.41) is 0. The molecule has 8 nitrogen and oxygen atoms in total. The number of methoxy groups -OCH3 is 1. The lowest BCUT2D eigenvalue weighted by Crippen LogP contribution is -2.52. The fraction of sp³-hybridized carbons (Fsp3) is 0.875. The third kappa shape index (κ3) is 3.58. The van der Waals surface area contributed by atoms with Crippen LogP contribution in [-0.4, -0.2) is 45.0 Å². The van der Waals surface area contributed by atoms with E-state index in [0.717, 1.165) is 0 Å². The van der Waals surface area contributed by atoms with Gasteiger partial charge in [0.2, 0.25) is 0 Å². The highest BCUT2D eigenvalue weighted by Gasteiger charge is 2.38. The van der Waals surface area contributed by atoms with E-state index in [2.05, 4.69) is 14.2 Å². The van der Waals surface area contributed by atoms with Gasteiger partial charge in [0.15, 0.2) is 0 Å². The smallest absolute Gasteiger partial charge is 0.392 e. The van der Waals surface area contributed by atoms with Crippen molar-refractivity contribution >= 4 is 16.2 Å². The summed E-state index contributed by atoms with van der Waals surface area (Å²) in [6, 6.07) is 0. The number of hydrogen-bond donors (Lipinski definition) is 0. The molecule has 0 unspecified atom stereocenters. The van der Waals surface area contributed by atoms with Crippen LogP contribution in [-0.2, 0) is 19.7 Å². The highest BCUT2D eigenvalue weighted by molar-refractivity contribution is 7.84. The van der Waals surface area contributed by atoms with E-state index in [1.807, 2.05) is 0 Å². The molecule has 0 radical (unpaired) electrons. The molecule has 0 bridgehead atoms. The van der Waals surface area contributed by atoms with Gasteiger partial charge in [-0.25, -0.2) is 3.89 Å². The SMILES string of the molecule is CC[N+](CC)(CCC(=O)OC)S(=O)(=O)N=[N+]=[N-]. The molecule has 0 rings (SSSR count). The van der Waals surface area contributed by atoms with Crippen LogP contribution >= 0.6 is 0 Å². The zero-order valence-electron chi connectivity index (χ0n) is 10.2. The first-order valence-corrected chi connectivity index (χ1v) is 6.53. The molecule has 0 aliphatic heterocycles. The Morgan fingerprint density at radius 3 is 2.29 bits per heavy atom. The number of carbonyl (C=O) groups excluding carboxylic acids is 1. The van der Waals surface area contributed by atoms with Crippen LogP contribution in [0.15, 0.2) is 4.52 Å². The Bertz CT molecular complexity index is 409. The molecule has 0 aromatic carbocycles. The molecule has 98 valence electrons. The topological polar surface area (TPSA) is 109 Å². The van der Waals surface area contributed by atoms with Crippen LogP contribution in [0, 0.1) is 0 Å². The van der Waals surface area contributed by atoms with Gasteiger partial charge in [0.05, 0.1) is 31.1 Å². The summed E-state index contributed by atoms with van der Waals surface area (Å²) in [6.07, 6.45) is -0.0433. The maximum Gasteiger partial charge on any atom is 0.392 e. The van der Waals surface area contributed by atoms with E-state index < -0.39 is 20.1 Å². The van der Waals surface area contributed by atoms with Gasteiger partial charge in [-0.1, -0.05) is 0 Å². The quantitative estimate of drug-likeness (QED) is 0.224. The summed E-state index contributed by atoms with van der Waals surface area (Å²) < 4.78 is 30.5. The molecule has 0 spiro atoms. The van der Waals surface area contributed by atoms with Crippen molar-refractivity contribution in [2.45, 2.75) is 20.3 Å². The normalized spacial score (nSPS) is 11.7. The van der Waals surface area contributed by atoms with Gasteiger partial charge in [-0.15, -0.1) is 0 Å². The van der Waals surface area contributed by atoms with Crippen molar-refractivity contribution < 1.29 is 21.8 Å². The zero-order valence-corrected chi connectivity index (χ0v) is 11.0. The van der Waals surface area contributed by atoms with Crippen LogP contribution in [0.4, 0.5) is 0 Å². The third-order valence-corrected chi connectivity index (χ3v) is 4.69. The second kappa shape index (κ2) is 6.43. The molecular formula is C8H17N4O4S+. The molecule has 17 heavy (non-hydrogen) atoms. The zero-order chi connectivity index (χ0) is 13.5. The minimum Gasteiger partial charge on any atom is -0.469 e. The highest BCUT2D eigenvalue weighted by Crippen LogP contribution is 2.18. The molecule has 0 heterocycles. The van der Waals surface area contributed by atoms with Gasteiger partial charge in [0, 0.05) is 4.91 Å². The number of quaternary nitrogens is 1. The van der Waals surface area contributed by atoms with E-state index in [1.54, 1.807) is 13.8 Å². The van der Waals surface area contributed by atoms with E-state index in [-0.39, 0.29) is 26.1 Å². The molecule has 0 atom stereocenters. The van der Waals surface area contributed by atoms with Crippen LogP contribution in [0.5, 0.6) is 0 Å². The minimum atomic E-state index is -4.00. The first-order valence-electron chi connectivity index (χ1n) is 5.13. The van der Waals surface area contributed by atoms with Crippen molar-refractivity contribution in [2.75, 3.05) is 26.7 Å². The van der Waals surface area contributed by atoms with Gasteiger partial charge in [-0.2, -0.15) is 8.42 Å². The van der Waals surface area contributed by atoms with Crippen molar-refractivity contribution in [3.63, 3.8) is 0 Å². The minimum absolute atomic E-state index is 0.0288. The van der Waals surface area contributed by atoms with Crippen LogP contribution in [0.1, 0.15) is 20.3 Å². The van der Waals surface area contributed by atoms with Gasteiger partial charge >= 0.3 is 16.2 Å². The summed E-state index contributed by atoms with van der Waals surface area (Å²) in [6.45, 7) is 3.78. The Balaban J connectivity index is 5.17. The Kier molecular flexibility index (Phi) is 5.94. The standard InChI is InChI=1S/C8H17N4O4S/c1-4-12(5-2,7-6-8(13)16-3)17(14,15)11-10-9/h4-7H2,1-3H3/q+1. The Morgan fingerprint density at radius 1 is 1.41 bits per heavy atom. The molecule has 9 heteroatoms. The summed E-state index contributed by atoms with van der Waals surface area (Å²) in [4.78, 5) is 13.4. The third-order valence-electron chi connectivity index (χ3n) is 2.73. The Labute approximate surface area is 101 Å². The first-order chi connectivity index (χ1) is 7.89. The summed E-state index contributed by atoms with van der Waals surface area (Å²) in [7, 11) is -2.77.